The summed E-state index contributed by atoms with van der Waals surface area (Å²) in [6.07, 6.45) is 4.82. The minimum atomic E-state index is 0.591. The van der Waals surface area contributed by atoms with Crippen molar-refractivity contribution >= 4 is 11.9 Å². The van der Waals surface area contributed by atoms with Gasteiger partial charge in [-0.15, -0.1) is 4.44 Å². The Balaban J connectivity index is 3.25. The van der Waals surface area contributed by atoms with Crippen LogP contribution < -0.4 is 0 Å². The summed E-state index contributed by atoms with van der Waals surface area (Å²) in [5, 5.41) is 0. The van der Waals surface area contributed by atoms with Crippen LogP contribution in [0.4, 0.5) is 0 Å². The Hall–Kier alpha value is 0.210. The maximum Gasteiger partial charge on any atom is 0.0999 e. The fourth-order valence-corrected chi connectivity index (χ4v) is 1.07. The molecule has 0 amide bonds. The van der Waals surface area contributed by atoms with Gasteiger partial charge in [-0.3, -0.25) is 0 Å². The second-order valence-electron chi connectivity index (χ2n) is 2.76. The van der Waals surface area contributed by atoms with E-state index >= 15 is 0 Å². The van der Waals surface area contributed by atoms with E-state index in [1.807, 2.05) is 0 Å². The van der Waals surface area contributed by atoms with Crippen LogP contribution in [0.2, 0.25) is 0 Å². The van der Waals surface area contributed by atoms with Crippen molar-refractivity contribution in [2.45, 2.75) is 39.5 Å². The molecule has 0 saturated carbocycles. The molecule has 0 aliphatic carbocycles. The lowest BCUT2D eigenvalue weighted by Gasteiger charge is -2.11. The monoisotopic (exact) mass is 180 g/mol. The third-order valence-electron chi connectivity index (χ3n) is 1.89. The van der Waals surface area contributed by atoms with Crippen LogP contribution in [0, 0.1) is 5.92 Å². The van der Waals surface area contributed by atoms with Crippen LogP contribution >= 0.6 is 11.9 Å². The van der Waals surface area contributed by atoms with E-state index in [1.54, 1.807) is 0 Å². The van der Waals surface area contributed by atoms with Crippen molar-refractivity contribution in [1.82, 2.24) is 0 Å². The Labute approximate surface area is 73.9 Å². The highest BCUT2D eigenvalue weighted by Gasteiger charge is 2.05. The first-order chi connectivity index (χ1) is 5.35. The molecule has 0 bridgehead atoms. The lowest BCUT2D eigenvalue weighted by molar-refractivity contribution is -0.213. The van der Waals surface area contributed by atoms with E-state index in [0.717, 1.165) is 6.42 Å². The van der Waals surface area contributed by atoms with Crippen molar-refractivity contribution in [3.8, 4) is 0 Å². The lowest BCUT2D eigenvalue weighted by atomic mass is 10.0. The zero-order valence-corrected chi connectivity index (χ0v) is 8.06. The zero-order chi connectivity index (χ0) is 8.53. The van der Waals surface area contributed by atoms with Gasteiger partial charge in [0.25, 0.3) is 0 Å². The second-order valence-corrected chi connectivity index (χ2v) is 2.89. The van der Waals surface area contributed by atoms with E-state index in [0.29, 0.717) is 12.5 Å². The molecule has 1 atom stereocenters. The molecule has 0 aliphatic rings. The molecular formula is C8H17ClO2. The van der Waals surface area contributed by atoms with Gasteiger partial charge in [-0.25, -0.2) is 4.89 Å². The molecule has 11 heavy (non-hydrogen) atoms. The summed E-state index contributed by atoms with van der Waals surface area (Å²) in [5.74, 6) is 0.591. The van der Waals surface area contributed by atoms with Crippen LogP contribution in [0.5, 0.6) is 0 Å². The van der Waals surface area contributed by atoms with Gasteiger partial charge in [-0.2, -0.15) is 0 Å². The van der Waals surface area contributed by atoms with Gasteiger partial charge in [0.1, 0.15) is 0 Å². The van der Waals surface area contributed by atoms with Crippen LogP contribution in [0.25, 0.3) is 0 Å². The SMILES string of the molecule is CCCCC(CC)COOCl. The summed E-state index contributed by atoms with van der Waals surface area (Å²) in [6.45, 7) is 4.95. The highest BCUT2D eigenvalue weighted by molar-refractivity contribution is 6.06. The molecule has 3 heteroatoms. The topological polar surface area (TPSA) is 18.5 Å². The largest absolute Gasteiger partial charge is 0.218 e. The van der Waals surface area contributed by atoms with E-state index in [4.69, 9.17) is 11.9 Å². The molecule has 68 valence electrons. The van der Waals surface area contributed by atoms with Crippen molar-refractivity contribution in [2.75, 3.05) is 6.61 Å². The number of halogens is 1. The lowest BCUT2D eigenvalue weighted by Crippen LogP contribution is -2.07. The predicted molar refractivity (Wildman–Crippen MR) is 46.2 cm³/mol. The van der Waals surface area contributed by atoms with Gasteiger partial charge in [0.15, 0.2) is 0 Å². The Kier molecular flexibility index (Phi) is 8.47. The van der Waals surface area contributed by atoms with Gasteiger partial charge in [0.05, 0.1) is 18.5 Å². The average Bonchev–Trinajstić information content (AvgIpc) is 2.05. The molecule has 1 unspecified atom stereocenters. The van der Waals surface area contributed by atoms with Crippen LogP contribution in [-0.2, 0) is 9.33 Å². The van der Waals surface area contributed by atoms with Crippen molar-refractivity contribution < 1.29 is 9.33 Å². The third kappa shape index (κ3) is 6.60. The minimum absolute atomic E-state index is 0.591. The quantitative estimate of drug-likeness (QED) is 0.442. The van der Waals surface area contributed by atoms with E-state index < -0.39 is 0 Å². The van der Waals surface area contributed by atoms with Gasteiger partial charge in [0.2, 0.25) is 0 Å². The highest BCUT2D eigenvalue weighted by Crippen LogP contribution is 2.12. The Bertz CT molecular complexity index is 70.5. The molecule has 0 heterocycles. The van der Waals surface area contributed by atoms with Crippen LogP contribution in [-0.4, -0.2) is 6.61 Å². The molecule has 2 nitrogen and oxygen atoms in total. The Morgan fingerprint density at radius 3 is 2.55 bits per heavy atom. The first-order valence-corrected chi connectivity index (χ1v) is 4.56. The summed E-state index contributed by atoms with van der Waals surface area (Å²) in [6, 6.07) is 0. The standard InChI is InChI=1S/C8H17ClO2/c1-3-5-6-8(4-2)7-10-11-9/h8H,3-7H2,1-2H3. The molecule has 0 aliphatic heterocycles. The molecule has 0 radical (unpaired) electrons. The number of unbranched alkanes of at least 4 members (excludes halogenated alkanes) is 1. The molecule has 0 N–H and O–H groups in total. The molecule has 0 saturated heterocycles. The van der Waals surface area contributed by atoms with Crippen LogP contribution in [0.3, 0.4) is 0 Å². The maximum atomic E-state index is 4.91. The molecule has 0 aromatic carbocycles. The van der Waals surface area contributed by atoms with E-state index in [-0.39, 0.29) is 0 Å². The Morgan fingerprint density at radius 1 is 1.36 bits per heavy atom. The molecule has 0 rings (SSSR count). The fourth-order valence-electron chi connectivity index (χ4n) is 1.02. The van der Waals surface area contributed by atoms with Gasteiger partial charge in [-0.05, 0) is 12.3 Å². The molecular weight excluding hydrogens is 164 g/mol. The second kappa shape index (κ2) is 8.31. The van der Waals surface area contributed by atoms with Crippen LogP contribution in [0.15, 0.2) is 0 Å². The maximum absolute atomic E-state index is 4.91. The number of hydrogen-bond acceptors (Lipinski definition) is 2. The molecule has 0 fully saturated rings. The number of hydrogen-bond donors (Lipinski definition) is 0. The average molecular weight is 181 g/mol. The summed E-state index contributed by atoms with van der Waals surface area (Å²) in [5.41, 5.74) is 0. The third-order valence-corrected chi connectivity index (χ3v) is 1.98. The van der Waals surface area contributed by atoms with Gasteiger partial charge in [-0.1, -0.05) is 33.1 Å². The molecule has 0 spiro atoms. The van der Waals surface area contributed by atoms with E-state index in [9.17, 15) is 0 Å². The number of rotatable bonds is 7. The van der Waals surface area contributed by atoms with E-state index in [2.05, 4.69) is 23.2 Å². The normalized spacial score (nSPS) is 13.4. The molecule has 0 aromatic heterocycles. The smallest absolute Gasteiger partial charge is 0.0999 e. The van der Waals surface area contributed by atoms with Crippen molar-refractivity contribution in [2.24, 2.45) is 5.92 Å². The minimum Gasteiger partial charge on any atom is -0.218 e. The fraction of sp³-hybridized carbons (Fsp3) is 1.00. The summed E-state index contributed by atoms with van der Waals surface area (Å²) in [4.78, 5) is 4.65. The van der Waals surface area contributed by atoms with Crippen LogP contribution in [0.1, 0.15) is 39.5 Å². The predicted octanol–water partition coefficient (Wildman–Crippen LogP) is 3.30. The van der Waals surface area contributed by atoms with Gasteiger partial charge >= 0.3 is 0 Å². The van der Waals surface area contributed by atoms with E-state index in [1.165, 1.54) is 19.3 Å². The zero-order valence-electron chi connectivity index (χ0n) is 7.31. The van der Waals surface area contributed by atoms with Crippen molar-refractivity contribution in [1.29, 1.82) is 0 Å². The Morgan fingerprint density at radius 2 is 2.09 bits per heavy atom. The van der Waals surface area contributed by atoms with Gasteiger partial charge < -0.3 is 0 Å². The molecule has 0 aromatic rings. The highest BCUT2D eigenvalue weighted by atomic mass is 35.5. The first kappa shape index (κ1) is 11.2. The summed E-state index contributed by atoms with van der Waals surface area (Å²) < 4.78 is 4.03. The first-order valence-electron chi connectivity index (χ1n) is 4.25. The van der Waals surface area contributed by atoms with Crippen molar-refractivity contribution in [3.05, 3.63) is 0 Å². The van der Waals surface area contributed by atoms with Crippen molar-refractivity contribution in [3.63, 3.8) is 0 Å². The summed E-state index contributed by atoms with van der Waals surface area (Å²) >= 11 is 4.91. The summed E-state index contributed by atoms with van der Waals surface area (Å²) in [7, 11) is 0. The van der Waals surface area contributed by atoms with Gasteiger partial charge in [0, 0.05) is 0 Å².